The molecule has 0 unspecified atom stereocenters. The first-order valence-electron chi connectivity index (χ1n) is 19.1. The minimum Gasteiger partial charge on any atom is -0.456 e. The number of thiophene rings is 1. The molecule has 50 heavy (non-hydrogen) atoms. The molecule has 0 aliphatic rings. The maximum atomic E-state index is 9.62. The second kappa shape index (κ2) is 11.6. The van der Waals surface area contributed by atoms with Crippen LogP contribution in [0.4, 0.5) is 0 Å². The average molecular weight is 664 g/mol. The van der Waals surface area contributed by atoms with E-state index in [4.69, 9.17) is 23.5 Å². The lowest BCUT2D eigenvalue weighted by Gasteiger charge is -2.10. The average Bonchev–Trinajstić information content (AvgIpc) is 3.83. The number of rotatable bonds is 5. The summed E-state index contributed by atoms with van der Waals surface area (Å²) in [5.74, 6) is 0.698. The van der Waals surface area contributed by atoms with Crippen molar-refractivity contribution >= 4 is 53.4 Å². The van der Waals surface area contributed by atoms with Gasteiger partial charge in [-0.3, -0.25) is 0 Å². The van der Waals surface area contributed by atoms with Crippen molar-refractivity contribution in [1.82, 2.24) is 15.0 Å². The molecule has 5 heteroatoms. The summed E-state index contributed by atoms with van der Waals surface area (Å²) in [4.78, 5) is 14.9. The van der Waals surface area contributed by atoms with Crippen molar-refractivity contribution in [2.45, 2.75) is 0 Å². The first-order valence-corrected chi connectivity index (χ1v) is 16.9. The van der Waals surface area contributed by atoms with Gasteiger partial charge in [0.2, 0.25) is 0 Å². The second-order valence-corrected chi connectivity index (χ2v) is 12.9. The van der Waals surface area contributed by atoms with E-state index < -0.39 is 0 Å². The number of para-hydroxylation sites is 1. The fraction of sp³-hybridized carbons (Fsp3) is 0. The molecule has 0 saturated heterocycles. The van der Waals surface area contributed by atoms with Crippen molar-refractivity contribution in [2.75, 3.05) is 0 Å². The fourth-order valence-electron chi connectivity index (χ4n) is 6.52. The van der Waals surface area contributed by atoms with Crippen LogP contribution in [0.1, 0.15) is 8.22 Å². The van der Waals surface area contributed by atoms with E-state index in [1.165, 1.54) is 0 Å². The van der Waals surface area contributed by atoms with Gasteiger partial charge in [0.1, 0.15) is 11.2 Å². The predicted molar refractivity (Wildman–Crippen MR) is 207 cm³/mol. The second-order valence-electron chi connectivity index (χ2n) is 11.9. The number of aromatic nitrogens is 3. The lowest BCUT2D eigenvalue weighted by Crippen LogP contribution is -2.00. The zero-order chi connectivity index (χ0) is 38.2. The summed E-state index contributed by atoms with van der Waals surface area (Å²) >= 11 is 1.12. The Hall–Kier alpha value is -6.43. The first kappa shape index (κ1) is 23.0. The SMILES string of the molecule is [2H]c1c([2H])c(-c2ccccc2)c2c(sc3c([2H])c(-c4nc(-c5ccc(-c6ccccc6)cc5)nc(-c5cccc6oc7ccccc7c56)n4)c([2H])c([2H])c32)c1[2H]. The molecule has 4 nitrogen and oxygen atoms in total. The maximum absolute atomic E-state index is 9.62. The monoisotopic (exact) mass is 663 g/mol. The summed E-state index contributed by atoms with van der Waals surface area (Å²) < 4.78 is 61.8. The first-order chi connectivity index (χ1) is 27.3. The van der Waals surface area contributed by atoms with E-state index in [0.717, 1.165) is 33.2 Å². The van der Waals surface area contributed by atoms with Crippen LogP contribution in [-0.4, -0.2) is 15.0 Å². The van der Waals surface area contributed by atoms with Gasteiger partial charge in [0, 0.05) is 47.6 Å². The Bertz CT molecular complexity index is 3200. The molecule has 7 aromatic carbocycles. The Morgan fingerprint density at radius 1 is 0.440 bits per heavy atom. The predicted octanol–water partition coefficient (Wildman–Crippen LogP) is 12.5. The topological polar surface area (TPSA) is 51.8 Å². The largest absolute Gasteiger partial charge is 0.456 e. The van der Waals surface area contributed by atoms with Crippen molar-refractivity contribution in [1.29, 1.82) is 0 Å². The van der Waals surface area contributed by atoms with E-state index in [1.807, 2.05) is 127 Å². The van der Waals surface area contributed by atoms with Crippen LogP contribution >= 0.6 is 11.3 Å². The maximum Gasteiger partial charge on any atom is 0.164 e. The lowest BCUT2D eigenvalue weighted by molar-refractivity contribution is 0.669. The standard InChI is InChI=1S/C45H27N3OS/c1-3-11-28(12-4-1)29-21-23-31(24-22-29)43-46-44(48-45(47-43)36-17-9-19-38-41(36)34-15-7-8-18-37(34)49-38)32-25-26-35-40(27-32)50-39-20-10-16-33(42(35)39)30-13-5-2-6-14-30/h1-27H/i10D,16D,20D,25D,26D,27D. The minimum absolute atomic E-state index is 0.0501. The van der Waals surface area contributed by atoms with Crippen molar-refractivity contribution in [2.24, 2.45) is 0 Å². The number of benzene rings is 7. The molecule has 10 rings (SSSR count). The highest BCUT2D eigenvalue weighted by atomic mass is 32.1. The van der Waals surface area contributed by atoms with Gasteiger partial charge in [0.05, 0.1) is 8.22 Å². The molecule has 0 aliphatic carbocycles. The summed E-state index contributed by atoms with van der Waals surface area (Å²) in [6.45, 7) is 0. The number of hydrogen-bond acceptors (Lipinski definition) is 5. The molecule has 0 spiro atoms. The van der Waals surface area contributed by atoms with Gasteiger partial charge in [0.15, 0.2) is 17.5 Å². The van der Waals surface area contributed by atoms with Gasteiger partial charge in [0.25, 0.3) is 0 Å². The van der Waals surface area contributed by atoms with E-state index >= 15 is 0 Å². The third-order valence-electron chi connectivity index (χ3n) is 8.89. The van der Waals surface area contributed by atoms with Gasteiger partial charge in [-0.25, -0.2) is 15.0 Å². The molecular weight excluding hydrogens is 631 g/mol. The number of furan rings is 1. The zero-order valence-corrected chi connectivity index (χ0v) is 27.1. The molecule has 0 saturated carbocycles. The van der Waals surface area contributed by atoms with Crippen LogP contribution in [0, 0.1) is 0 Å². The summed E-state index contributed by atoms with van der Waals surface area (Å²) in [7, 11) is 0. The molecule has 10 aromatic rings. The van der Waals surface area contributed by atoms with Gasteiger partial charge in [-0.2, -0.15) is 0 Å². The number of hydrogen-bond donors (Lipinski definition) is 0. The highest BCUT2D eigenvalue weighted by Crippen LogP contribution is 2.42. The molecule has 3 heterocycles. The van der Waals surface area contributed by atoms with Gasteiger partial charge >= 0.3 is 0 Å². The number of nitrogens with zero attached hydrogens (tertiary/aromatic N) is 3. The van der Waals surface area contributed by atoms with E-state index in [2.05, 4.69) is 0 Å². The minimum atomic E-state index is -0.260. The van der Waals surface area contributed by atoms with Crippen molar-refractivity contribution in [3.63, 3.8) is 0 Å². The van der Waals surface area contributed by atoms with E-state index in [0.29, 0.717) is 65.2 Å². The summed E-state index contributed by atoms with van der Waals surface area (Å²) in [6.07, 6.45) is 0. The third kappa shape index (κ3) is 4.79. The Morgan fingerprint density at radius 3 is 1.92 bits per heavy atom. The van der Waals surface area contributed by atoms with E-state index in [1.54, 1.807) is 0 Å². The molecule has 234 valence electrons. The van der Waals surface area contributed by atoms with Crippen molar-refractivity contribution in [3.05, 3.63) is 164 Å². The molecule has 0 radical (unpaired) electrons. The van der Waals surface area contributed by atoms with Crippen LogP contribution in [0.25, 0.3) is 98.5 Å². The van der Waals surface area contributed by atoms with Crippen LogP contribution in [0.2, 0.25) is 0 Å². The third-order valence-corrected chi connectivity index (χ3v) is 9.91. The van der Waals surface area contributed by atoms with Gasteiger partial charge in [-0.1, -0.05) is 139 Å². The van der Waals surface area contributed by atoms with Crippen LogP contribution < -0.4 is 0 Å². The normalized spacial score (nSPS) is 13.3. The van der Waals surface area contributed by atoms with Crippen LogP contribution in [0.5, 0.6) is 0 Å². The zero-order valence-electron chi connectivity index (χ0n) is 32.3. The van der Waals surface area contributed by atoms with Crippen LogP contribution in [0.15, 0.2) is 168 Å². The van der Waals surface area contributed by atoms with Crippen LogP contribution in [-0.2, 0) is 0 Å². The quantitative estimate of drug-likeness (QED) is 0.184. The lowest BCUT2D eigenvalue weighted by atomic mass is 9.99. The fourth-order valence-corrected chi connectivity index (χ4v) is 7.54. The Kier molecular flexibility index (Phi) is 5.35. The molecule has 3 aromatic heterocycles. The molecule has 0 fully saturated rings. The Labute approximate surface area is 300 Å². The summed E-state index contributed by atoms with van der Waals surface area (Å²) in [5, 5.41) is 2.43. The Balaban J connectivity index is 1.25. The van der Waals surface area contributed by atoms with Crippen molar-refractivity contribution < 1.29 is 12.6 Å². The van der Waals surface area contributed by atoms with Gasteiger partial charge in [-0.05, 0) is 46.5 Å². The Morgan fingerprint density at radius 2 is 1.10 bits per heavy atom. The molecular formula is C45H27N3OS. The van der Waals surface area contributed by atoms with Gasteiger partial charge < -0.3 is 4.42 Å². The highest BCUT2D eigenvalue weighted by molar-refractivity contribution is 7.26. The highest BCUT2D eigenvalue weighted by Gasteiger charge is 2.19. The smallest absolute Gasteiger partial charge is 0.164 e. The molecule has 0 N–H and O–H groups in total. The van der Waals surface area contributed by atoms with E-state index in [-0.39, 0.29) is 47.6 Å². The van der Waals surface area contributed by atoms with Gasteiger partial charge in [-0.15, -0.1) is 11.3 Å². The molecule has 0 amide bonds. The molecule has 0 bridgehead atoms. The molecule has 0 atom stereocenters. The number of fused-ring (bicyclic) bond motifs is 6. The van der Waals surface area contributed by atoms with Crippen molar-refractivity contribution in [3.8, 4) is 56.4 Å². The van der Waals surface area contributed by atoms with Crippen LogP contribution in [0.3, 0.4) is 0 Å². The van der Waals surface area contributed by atoms with E-state index in [9.17, 15) is 4.11 Å². The summed E-state index contributed by atoms with van der Waals surface area (Å²) in [6, 6.07) is 39.5. The molecule has 0 aliphatic heterocycles. The summed E-state index contributed by atoms with van der Waals surface area (Å²) in [5.41, 5.74) is 5.94.